The number of carbonyl (C=O) groups excluding carboxylic acids is 2. The molecule has 37 heavy (non-hydrogen) atoms. The lowest BCUT2D eigenvalue weighted by Gasteiger charge is -2.17. The molecule has 2 aromatic heterocycles. The van der Waals surface area contributed by atoms with Crippen LogP contribution in [-0.4, -0.2) is 26.8 Å². The second kappa shape index (κ2) is 9.89. The van der Waals surface area contributed by atoms with E-state index in [1.165, 1.54) is 11.1 Å². The Morgan fingerprint density at radius 3 is 2.70 bits per heavy atom. The van der Waals surface area contributed by atoms with E-state index in [2.05, 4.69) is 44.7 Å². The number of ketones is 1. The van der Waals surface area contributed by atoms with E-state index < -0.39 is 0 Å². The van der Waals surface area contributed by atoms with Crippen molar-refractivity contribution in [2.45, 2.75) is 70.6 Å². The number of benzene rings is 1. The summed E-state index contributed by atoms with van der Waals surface area (Å²) in [4.78, 5) is 34.0. The molecule has 0 aliphatic heterocycles. The number of nitrogens with one attached hydrogen (secondary N) is 1. The summed E-state index contributed by atoms with van der Waals surface area (Å²) in [6, 6.07) is 12.3. The quantitative estimate of drug-likeness (QED) is 0.347. The maximum absolute atomic E-state index is 13.0. The van der Waals surface area contributed by atoms with E-state index in [4.69, 9.17) is 9.78 Å². The van der Waals surface area contributed by atoms with Crippen molar-refractivity contribution in [2.75, 3.05) is 5.32 Å². The number of anilines is 1. The second-order valence-corrected chi connectivity index (χ2v) is 11.2. The molecule has 0 unspecified atom stereocenters. The Morgan fingerprint density at radius 1 is 1.16 bits per heavy atom. The molecule has 0 spiro atoms. The fourth-order valence-electron chi connectivity index (χ4n) is 4.95. The third-order valence-electron chi connectivity index (χ3n) is 7.24. The minimum Gasteiger partial charge on any atom is -0.331 e. The summed E-state index contributed by atoms with van der Waals surface area (Å²) in [6.45, 7) is 5.96. The van der Waals surface area contributed by atoms with Gasteiger partial charge in [0.15, 0.2) is 5.82 Å². The van der Waals surface area contributed by atoms with Gasteiger partial charge in [-0.2, -0.15) is 10.2 Å². The van der Waals surface area contributed by atoms with Crippen molar-refractivity contribution in [1.29, 1.82) is 5.26 Å². The molecule has 2 aliphatic carbocycles. The average molecular weight is 498 g/mol. The van der Waals surface area contributed by atoms with E-state index in [1.807, 2.05) is 32.9 Å². The van der Waals surface area contributed by atoms with Crippen LogP contribution >= 0.6 is 0 Å². The molecule has 0 radical (unpaired) electrons. The lowest BCUT2D eigenvalue weighted by molar-refractivity contribution is -0.117. The largest absolute Gasteiger partial charge is 0.331 e. The first kappa shape index (κ1) is 24.8. The Kier molecular flexibility index (Phi) is 6.63. The Balaban J connectivity index is 1.33. The lowest BCUT2D eigenvalue weighted by atomic mass is 9.87. The maximum atomic E-state index is 13.0. The highest BCUT2D eigenvalue weighted by molar-refractivity contribution is 5.94. The molecular weight excluding hydrogens is 466 g/mol. The lowest BCUT2D eigenvalue weighted by Crippen LogP contribution is -2.15. The van der Waals surface area contributed by atoms with E-state index in [-0.39, 0.29) is 40.7 Å². The first-order valence-electron chi connectivity index (χ1n) is 12.9. The number of fused-ring (bicyclic) bond motifs is 1. The maximum Gasteiger partial charge on any atom is 0.294 e. The Morgan fingerprint density at radius 2 is 1.97 bits per heavy atom. The number of aryl methyl sites for hydroxylation is 1. The summed E-state index contributed by atoms with van der Waals surface area (Å²) in [5.74, 6) is 0.516. The number of rotatable bonds is 6. The number of Topliss-reactive ketones (excluding diaryl/α,β-unsaturated/α-hetero) is 1. The van der Waals surface area contributed by atoms with Gasteiger partial charge < -0.3 is 9.84 Å². The molecule has 0 bridgehead atoms. The molecule has 2 heterocycles. The van der Waals surface area contributed by atoms with Crippen molar-refractivity contribution < 1.29 is 14.1 Å². The topological polar surface area (TPSA) is 122 Å². The number of amides is 1. The van der Waals surface area contributed by atoms with Crippen LogP contribution in [0.3, 0.4) is 0 Å². The van der Waals surface area contributed by atoms with Crippen LogP contribution in [0.25, 0.3) is 11.1 Å². The minimum absolute atomic E-state index is 0.0889. The van der Waals surface area contributed by atoms with Crippen LogP contribution in [0.15, 0.2) is 41.1 Å². The van der Waals surface area contributed by atoms with Crippen molar-refractivity contribution in [3.8, 4) is 17.2 Å². The summed E-state index contributed by atoms with van der Waals surface area (Å²) >= 11 is 0. The molecule has 1 fully saturated rings. The van der Waals surface area contributed by atoms with Gasteiger partial charge in [-0.05, 0) is 66.0 Å². The second-order valence-electron chi connectivity index (χ2n) is 11.2. The van der Waals surface area contributed by atoms with Crippen molar-refractivity contribution >= 4 is 17.5 Å². The Labute approximate surface area is 216 Å². The fourth-order valence-corrected chi connectivity index (χ4v) is 4.95. The summed E-state index contributed by atoms with van der Waals surface area (Å²) in [5, 5.41) is 15.8. The van der Waals surface area contributed by atoms with Gasteiger partial charge in [0.05, 0.1) is 17.9 Å². The van der Waals surface area contributed by atoms with Gasteiger partial charge in [0, 0.05) is 18.0 Å². The SMILES string of the molecule is CC(C)(C)c1noc(C(=O)C[C@@H]2CCCCc3cc(-c4ccnc(NC(=O)[C@@H]5C[C@H]5C#N)c4)ccc32)n1. The normalized spacial score (nSPS) is 20.9. The zero-order valence-corrected chi connectivity index (χ0v) is 21.5. The molecule has 2 aliphatic rings. The van der Waals surface area contributed by atoms with Gasteiger partial charge >= 0.3 is 0 Å². The van der Waals surface area contributed by atoms with Gasteiger partial charge in [0.2, 0.25) is 11.7 Å². The van der Waals surface area contributed by atoms with E-state index in [0.29, 0.717) is 24.5 Å². The third-order valence-corrected chi connectivity index (χ3v) is 7.24. The van der Waals surface area contributed by atoms with Gasteiger partial charge in [0.1, 0.15) is 5.82 Å². The van der Waals surface area contributed by atoms with Crippen molar-refractivity contribution in [1.82, 2.24) is 15.1 Å². The molecule has 190 valence electrons. The molecule has 1 N–H and O–H groups in total. The molecule has 3 aromatic rings. The smallest absolute Gasteiger partial charge is 0.294 e. The number of carbonyl (C=O) groups is 2. The van der Waals surface area contributed by atoms with Crippen LogP contribution in [0.4, 0.5) is 5.82 Å². The zero-order valence-electron chi connectivity index (χ0n) is 21.5. The van der Waals surface area contributed by atoms with Gasteiger partial charge in [-0.15, -0.1) is 0 Å². The van der Waals surface area contributed by atoms with E-state index in [9.17, 15) is 9.59 Å². The molecule has 3 atom stereocenters. The van der Waals surface area contributed by atoms with Crippen LogP contribution in [-0.2, 0) is 16.6 Å². The predicted octanol–water partition coefficient (Wildman–Crippen LogP) is 5.61. The number of aromatic nitrogens is 3. The minimum atomic E-state index is -0.278. The summed E-state index contributed by atoms with van der Waals surface area (Å²) < 4.78 is 5.30. The molecule has 5 rings (SSSR count). The Bertz CT molecular complexity index is 1380. The number of nitrogens with zero attached hydrogens (tertiary/aromatic N) is 4. The third kappa shape index (κ3) is 5.46. The number of hydrogen-bond donors (Lipinski definition) is 1. The van der Waals surface area contributed by atoms with Crippen molar-refractivity contribution in [3.63, 3.8) is 0 Å². The van der Waals surface area contributed by atoms with E-state index in [0.717, 1.165) is 36.8 Å². The molecule has 8 nitrogen and oxygen atoms in total. The first-order valence-corrected chi connectivity index (χ1v) is 12.9. The molecule has 1 amide bonds. The highest BCUT2D eigenvalue weighted by atomic mass is 16.5. The molecule has 0 saturated heterocycles. The summed E-state index contributed by atoms with van der Waals surface area (Å²) in [7, 11) is 0. The van der Waals surface area contributed by atoms with Gasteiger partial charge in [-0.1, -0.05) is 50.5 Å². The number of pyridine rings is 1. The highest BCUT2D eigenvalue weighted by Gasteiger charge is 2.43. The van der Waals surface area contributed by atoms with Crippen molar-refractivity contribution in [2.24, 2.45) is 11.8 Å². The Hall–Kier alpha value is -3.86. The summed E-state index contributed by atoms with van der Waals surface area (Å²) in [6.07, 6.45) is 6.64. The average Bonchev–Trinajstić information content (AvgIpc) is 3.55. The summed E-state index contributed by atoms with van der Waals surface area (Å²) in [5.41, 5.74) is 4.16. The zero-order chi connectivity index (χ0) is 26.2. The van der Waals surface area contributed by atoms with Crippen molar-refractivity contribution in [3.05, 3.63) is 59.4 Å². The first-order chi connectivity index (χ1) is 17.7. The molecular formula is C29H31N5O3. The highest BCUT2D eigenvalue weighted by Crippen LogP contribution is 2.39. The van der Waals surface area contributed by atoms with Crippen LogP contribution < -0.4 is 5.32 Å². The number of nitriles is 1. The van der Waals surface area contributed by atoms with Crippen LogP contribution in [0.5, 0.6) is 0 Å². The van der Waals surface area contributed by atoms with E-state index in [1.54, 1.807) is 6.20 Å². The molecule has 1 saturated carbocycles. The van der Waals surface area contributed by atoms with Gasteiger partial charge in [0.25, 0.3) is 5.89 Å². The monoisotopic (exact) mass is 497 g/mol. The van der Waals surface area contributed by atoms with Gasteiger partial charge in [-0.25, -0.2) is 4.98 Å². The van der Waals surface area contributed by atoms with Crippen LogP contribution in [0, 0.1) is 23.2 Å². The fraction of sp³-hybridized carbons (Fsp3) is 0.448. The molecule has 1 aromatic carbocycles. The van der Waals surface area contributed by atoms with Gasteiger partial charge in [-0.3, -0.25) is 9.59 Å². The standard InChI is InChI=1S/C29H31N5O3/c1-29(2,3)28-33-27(37-34-28)24(35)14-20-7-5-4-6-19-12-17(8-9-22(19)20)18-10-11-31-25(15-18)32-26(36)23-13-21(23)16-30/h8-12,15,20-21,23H,4-7,13-14H2,1-3H3,(H,31,32,36)/t20-,21-,23+/m0/s1. The van der Waals surface area contributed by atoms with Crippen LogP contribution in [0.2, 0.25) is 0 Å². The molecule has 8 heteroatoms. The van der Waals surface area contributed by atoms with E-state index >= 15 is 0 Å². The van der Waals surface area contributed by atoms with Crippen LogP contribution in [0.1, 0.15) is 86.4 Å². The predicted molar refractivity (Wildman–Crippen MR) is 138 cm³/mol. The number of hydrogen-bond acceptors (Lipinski definition) is 7.